The average molecular weight is 431 g/mol. The van der Waals surface area contributed by atoms with Crippen molar-refractivity contribution in [3.05, 3.63) is 71.6 Å². The van der Waals surface area contributed by atoms with Gasteiger partial charge in [-0.3, -0.25) is 0 Å². The number of esters is 1. The summed E-state index contributed by atoms with van der Waals surface area (Å²) in [6, 6.07) is 9.31. The second kappa shape index (κ2) is 9.45. The van der Waals surface area contributed by atoms with Gasteiger partial charge in [-0.2, -0.15) is 0 Å². The van der Waals surface area contributed by atoms with Crippen molar-refractivity contribution in [1.82, 2.24) is 9.97 Å². The molecule has 1 heterocycles. The lowest BCUT2D eigenvalue weighted by Gasteiger charge is -2.15. The van der Waals surface area contributed by atoms with Gasteiger partial charge in [-0.25, -0.2) is 27.9 Å². The molecule has 1 N–H and O–H groups in total. The van der Waals surface area contributed by atoms with Crippen LogP contribution in [0.1, 0.15) is 5.56 Å². The summed E-state index contributed by atoms with van der Waals surface area (Å²) in [5.74, 6) is -2.91. The number of hydrogen-bond acceptors (Lipinski definition) is 6. The molecule has 0 aliphatic carbocycles. The quantitative estimate of drug-likeness (QED) is 0.250. The molecule has 0 saturated heterocycles. The van der Waals surface area contributed by atoms with Crippen molar-refractivity contribution in [1.29, 1.82) is 0 Å². The van der Waals surface area contributed by atoms with Crippen LogP contribution >= 0.6 is 11.8 Å². The fourth-order valence-electron chi connectivity index (χ4n) is 2.61. The van der Waals surface area contributed by atoms with Crippen LogP contribution in [-0.2, 0) is 9.53 Å². The molecular weight excluding hydrogens is 415 g/mol. The highest BCUT2D eigenvalue weighted by Gasteiger charge is 2.19. The van der Waals surface area contributed by atoms with Crippen LogP contribution < -0.4 is 5.32 Å². The van der Waals surface area contributed by atoms with Gasteiger partial charge in [0.2, 0.25) is 0 Å². The molecule has 0 unspecified atom stereocenters. The molecule has 5 nitrogen and oxygen atoms in total. The minimum absolute atomic E-state index is 0.00300. The number of halogens is 3. The zero-order valence-electron chi connectivity index (χ0n) is 15.9. The number of anilines is 2. The van der Waals surface area contributed by atoms with Crippen LogP contribution in [0.5, 0.6) is 0 Å². The Labute approximate surface area is 175 Å². The van der Waals surface area contributed by atoms with Gasteiger partial charge in [0.15, 0.2) is 5.16 Å². The third kappa shape index (κ3) is 4.62. The summed E-state index contributed by atoms with van der Waals surface area (Å²) in [6.45, 7) is 0. The third-order valence-corrected chi connectivity index (χ3v) is 4.58. The fourth-order valence-corrected chi connectivity index (χ4v) is 2.97. The van der Waals surface area contributed by atoms with Crippen molar-refractivity contribution in [2.75, 3.05) is 18.7 Å². The van der Waals surface area contributed by atoms with Crippen LogP contribution in [-0.4, -0.2) is 29.3 Å². The van der Waals surface area contributed by atoms with Crippen molar-refractivity contribution in [2.45, 2.75) is 5.16 Å². The van der Waals surface area contributed by atoms with Crippen LogP contribution in [0.15, 0.2) is 53.7 Å². The fraction of sp³-hybridized carbons (Fsp3) is 0.0952. The Morgan fingerprint density at radius 1 is 1.03 bits per heavy atom. The number of para-hydroxylation sites is 1. The number of benzene rings is 2. The summed E-state index contributed by atoms with van der Waals surface area (Å²) in [7, 11) is 1.20. The van der Waals surface area contributed by atoms with Crippen molar-refractivity contribution >= 4 is 35.3 Å². The maximum absolute atomic E-state index is 14.5. The molecule has 0 spiro atoms. The number of rotatable bonds is 6. The van der Waals surface area contributed by atoms with E-state index in [0.29, 0.717) is 0 Å². The molecular formula is C21H16F3N3O2S. The summed E-state index contributed by atoms with van der Waals surface area (Å²) < 4.78 is 47.5. The number of aromatic nitrogens is 2. The van der Waals surface area contributed by atoms with E-state index in [9.17, 15) is 18.0 Å². The van der Waals surface area contributed by atoms with Crippen LogP contribution in [0, 0.1) is 17.5 Å². The number of hydrogen-bond donors (Lipinski definition) is 1. The van der Waals surface area contributed by atoms with Crippen molar-refractivity contribution in [3.8, 4) is 11.3 Å². The lowest BCUT2D eigenvalue weighted by Crippen LogP contribution is -2.06. The van der Waals surface area contributed by atoms with Crippen LogP contribution in [0.2, 0.25) is 0 Å². The first kappa shape index (κ1) is 21.4. The topological polar surface area (TPSA) is 64.1 Å². The van der Waals surface area contributed by atoms with Gasteiger partial charge in [-0.15, -0.1) is 0 Å². The molecule has 9 heteroatoms. The summed E-state index contributed by atoms with van der Waals surface area (Å²) in [4.78, 5) is 20.3. The Balaban J connectivity index is 2.26. The molecule has 0 aliphatic heterocycles. The monoisotopic (exact) mass is 431 g/mol. The number of carbonyl (C=O) groups excluding carboxylic acids is 1. The molecule has 0 atom stereocenters. The minimum atomic E-state index is -0.838. The third-order valence-electron chi connectivity index (χ3n) is 4.03. The minimum Gasteiger partial charge on any atom is -0.466 e. The second-order valence-electron chi connectivity index (χ2n) is 5.88. The Morgan fingerprint density at radius 2 is 1.70 bits per heavy atom. The zero-order valence-corrected chi connectivity index (χ0v) is 16.8. The van der Waals surface area contributed by atoms with E-state index >= 15 is 0 Å². The first-order valence-corrected chi connectivity index (χ1v) is 9.85. The van der Waals surface area contributed by atoms with Gasteiger partial charge < -0.3 is 10.1 Å². The molecule has 0 bridgehead atoms. The molecule has 3 aromatic rings. The lowest BCUT2D eigenvalue weighted by molar-refractivity contribution is -0.134. The van der Waals surface area contributed by atoms with Crippen LogP contribution in [0.3, 0.4) is 0 Å². The van der Waals surface area contributed by atoms with E-state index < -0.39 is 29.1 Å². The average Bonchev–Trinajstić information content (AvgIpc) is 2.75. The Hall–Kier alpha value is -3.33. The van der Waals surface area contributed by atoms with Gasteiger partial charge in [0.1, 0.15) is 29.0 Å². The largest absolute Gasteiger partial charge is 0.466 e. The highest BCUT2D eigenvalue weighted by molar-refractivity contribution is 7.98. The smallest absolute Gasteiger partial charge is 0.330 e. The van der Waals surface area contributed by atoms with Gasteiger partial charge in [-0.05, 0) is 36.6 Å². The number of nitrogens with one attached hydrogen (secondary N) is 1. The van der Waals surface area contributed by atoms with Crippen molar-refractivity contribution in [2.24, 2.45) is 0 Å². The van der Waals surface area contributed by atoms with E-state index in [1.807, 2.05) is 0 Å². The molecule has 2 aromatic carbocycles. The van der Waals surface area contributed by atoms with Crippen molar-refractivity contribution in [3.63, 3.8) is 0 Å². The summed E-state index contributed by atoms with van der Waals surface area (Å²) in [5, 5.41) is 2.85. The van der Waals surface area contributed by atoms with Gasteiger partial charge in [0, 0.05) is 17.2 Å². The number of carbonyl (C=O) groups is 1. The van der Waals surface area contributed by atoms with Gasteiger partial charge >= 0.3 is 5.97 Å². The van der Waals surface area contributed by atoms with E-state index in [-0.39, 0.29) is 27.8 Å². The van der Waals surface area contributed by atoms with E-state index in [2.05, 4.69) is 20.0 Å². The normalized spacial score (nSPS) is 11.0. The maximum atomic E-state index is 14.5. The Morgan fingerprint density at radius 3 is 2.33 bits per heavy atom. The van der Waals surface area contributed by atoms with E-state index in [1.165, 1.54) is 49.2 Å². The highest BCUT2D eigenvalue weighted by atomic mass is 32.2. The number of thioether (sulfide) groups is 1. The molecule has 0 amide bonds. The van der Waals surface area contributed by atoms with E-state index in [0.717, 1.165) is 18.2 Å². The summed E-state index contributed by atoms with van der Waals surface area (Å²) >= 11 is 1.17. The SMILES string of the molecule is COC(=O)C=Cc1c(Nc2c(F)cccc2F)nc(SC)nc1-c1ccccc1F. The zero-order chi connectivity index (χ0) is 21.7. The molecule has 0 radical (unpaired) electrons. The molecule has 1 aromatic heterocycles. The number of ether oxygens (including phenoxy) is 1. The van der Waals surface area contributed by atoms with Crippen LogP contribution in [0.4, 0.5) is 24.7 Å². The Bertz CT molecular complexity index is 1100. The predicted molar refractivity (Wildman–Crippen MR) is 110 cm³/mol. The molecule has 0 aliphatic rings. The predicted octanol–water partition coefficient (Wildman–Crippen LogP) is 5.21. The Kier molecular flexibility index (Phi) is 6.73. The molecule has 0 saturated carbocycles. The van der Waals surface area contributed by atoms with Crippen LogP contribution in [0.25, 0.3) is 17.3 Å². The van der Waals surface area contributed by atoms with E-state index in [1.54, 1.807) is 12.3 Å². The lowest BCUT2D eigenvalue weighted by atomic mass is 10.0. The molecule has 3 rings (SSSR count). The number of methoxy groups -OCH3 is 1. The van der Waals surface area contributed by atoms with E-state index in [4.69, 9.17) is 0 Å². The molecule has 154 valence electrons. The second-order valence-corrected chi connectivity index (χ2v) is 6.65. The van der Waals surface area contributed by atoms with Crippen molar-refractivity contribution < 1.29 is 22.7 Å². The molecule has 0 fully saturated rings. The summed E-state index contributed by atoms with van der Waals surface area (Å²) in [6.07, 6.45) is 4.10. The van der Waals surface area contributed by atoms with Gasteiger partial charge in [0.25, 0.3) is 0 Å². The van der Waals surface area contributed by atoms with Gasteiger partial charge in [0.05, 0.1) is 12.8 Å². The maximum Gasteiger partial charge on any atom is 0.330 e. The molecule has 30 heavy (non-hydrogen) atoms. The first-order valence-electron chi connectivity index (χ1n) is 8.62. The number of nitrogens with zero attached hydrogens (tertiary/aromatic N) is 2. The summed E-state index contributed by atoms with van der Waals surface area (Å²) in [5.41, 5.74) is 0.00466. The highest BCUT2D eigenvalue weighted by Crippen LogP contribution is 2.34. The van der Waals surface area contributed by atoms with Gasteiger partial charge in [-0.1, -0.05) is 30.0 Å². The standard InChI is InChI=1S/C21H16F3N3O2S/c1-29-17(28)11-10-13-18(12-6-3-4-7-14(12)22)26-21(30-2)27-20(13)25-19-15(23)8-5-9-16(19)24/h3-11H,1-2H3,(H,25,26,27). The first-order chi connectivity index (χ1) is 14.4.